The molecule has 4 heteroatoms. The summed E-state index contributed by atoms with van der Waals surface area (Å²) in [7, 11) is 0. The maximum atomic E-state index is 11.0. The summed E-state index contributed by atoms with van der Waals surface area (Å²) in [4.78, 5) is 15.5. The van der Waals surface area contributed by atoms with Gasteiger partial charge in [-0.15, -0.1) is 11.8 Å². The predicted molar refractivity (Wildman–Crippen MR) is 70.8 cm³/mol. The first-order valence-electron chi connectivity index (χ1n) is 6.04. The van der Waals surface area contributed by atoms with E-state index in [0.717, 1.165) is 42.2 Å². The quantitative estimate of drug-likeness (QED) is 0.595. The normalized spacial score (nSPS) is 10.5. The number of hydrogen-bond donors (Lipinski definition) is 1. The summed E-state index contributed by atoms with van der Waals surface area (Å²) in [5.41, 5.74) is 1.23. The van der Waals surface area contributed by atoms with Crippen molar-refractivity contribution in [2.24, 2.45) is 0 Å². The van der Waals surface area contributed by atoms with Gasteiger partial charge in [-0.05, 0) is 30.7 Å². The van der Waals surface area contributed by atoms with E-state index < -0.39 is 5.97 Å². The van der Waals surface area contributed by atoms with Crippen LogP contribution in [-0.2, 0) is 6.42 Å². The molecule has 1 heterocycles. The third-order valence-electron chi connectivity index (χ3n) is 2.36. The van der Waals surface area contributed by atoms with Crippen LogP contribution >= 0.6 is 11.8 Å². The van der Waals surface area contributed by atoms with Gasteiger partial charge in [0.15, 0.2) is 0 Å². The van der Waals surface area contributed by atoms with E-state index in [1.807, 2.05) is 0 Å². The lowest BCUT2D eigenvalue weighted by molar-refractivity contribution is 0.0696. The second-order valence-electron chi connectivity index (χ2n) is 3.94. The number of rotatable bonds is 7. The van der Waals surface area contributed by atoms with Gasteiger partial charge in [-0.3, -0.25) is 0 Å². The highest BCUT2D eigenvalue weighted by atomic mass is 32.2. The van der Waals surface area contributed by atoms with Crippen molar-refractivity contribution in [1.82, 2.24) is 4.98 Å². The van der Waals surface area contributed by atoms with E-state index in [9.17, 15) is 4.79 Å². The van der Waals surface area contributed by atoms with Gasteiger partial charge in [0, 0.05) is 5.69 Å². The molecule has 0 atom stereocenters. The van der Waals surface area contributed by atoms with Crippen LogP contribution < -0.4 is 0 Å². The van der Waals surface area contributed by atoms with E-state index in [4.69, 9.17) is 5.11 Å². The molecule has 0 unspecified atom stereocenters. The van der Waals surface area contributed by atoms with Gasteiger partial charge >= 0.3 is 5.97 Å². The number of carboxylic acid groups (broad SMARTS) is 1. The number of aryl methyl sites for hydroxylation is 1. The lowest BCUT2D eigenvalue weighted by Crippen LogP contribution is -2.01. The third-order valence-corrected chi connectivity index (χ3v) is 3.35. The zero-order valence-corrected chi connectivity index (χ0v) is 11.2. The Morgan fingerprint density at radius 3 is 2.71 bits per heavy atom. The van der Waals surface area contributed by atoms with Gasteiger partial charge in [0.2, 0.25) is 0 Å². The molecule has 0 radical (unpaired) electrons. The van der Waals surface area contributed by atoms with Crippen molar-refractivity contribution >= 4 is 17.7 Å². The smallest absolute Gasteiger partial charge is 0.335 e. The molecule has 0 bridgehead atoms. The highest BCUT2D eigenvalue weighted by Gasteiger charge is 2.08. The molecule has 0 saturated carbocycles. The van der Waals surface area contributed by atoms with E-state index >= 15 is 0 Å². The minimum atomic E-state index is -0.873. The van der Waals surface area contributed by atoms with Crippen molar-refractivity contribution < 1.29 is 9.90 Å². The summed E-state index contributed by atoms with van der Waals surface area (Å²) in [6, 6.07) is 3.34. The van der Waals surface area contributed by atoms with E-state index in [-0.39, 0.29) is 0 Å². The molecule has 1 rings (SSSR count). The lowest BCUT2D eigenvalue weighted by Gasteiger charge is -2.05. The van der Waals surface area contributed by atoms with Crippen LogP contribution in [-0.4, -0.2) is 21.8 Å². The average Bonchev–Trinajstić information content (AvgIpc) is 2.29. The minimum Gasteiger partial charge on any atom is -0.478 e. The van der Waals surface area contributed by atoms with Crippen molar-refractivity contribution in [3.63, 3.8) is 0 Å². The maximum absolute atomic E-state index is 11.0. The summed E-state index contributed by atoms with van der Waals surface area (Å²) < 4.78 is 0. The number of carbonyl (C=O) groups is 1. The average molecular weight is 253 g/mol. The van der Waals surface area contributed by atoms with E-state index in [2.05, 4.69) is 18.8 Å². The van der Waals surface area contributed by atoms with Crippen LogP contribution in [0.2, 0.25) is 0 Å². The molecule has 0 fully saturated rings. The van der Waals surface area contributed by atoms with E-state index in [0.29, 0.717) is 5.56 Å². The second-order valence-corrected chi connectivity index (χ2v) is 5.06. The zero-order chi connectivity index (χ0) is 12.7. The van der Waals surface area contributed by atoms with Gasteiger partial charge in [0.1, 0.15) is 0 Å². The number of hydrogen-bond acceptors (Lipinski definition) is 3. The molecule has 0 saturated heterocycles. The molecular weight excluding hydrogens is 234 g/mol. The number of aromatic carboxylic acids is 1. The number of carboxylic acids is 1. The van der Waals surface area contributed by atoms with Crippen molar-refractivity contribution in [2.75, 3.05) is 5.75 Å². The topological polar surface area (TPSA) is 50.2 Å². The molecule has 0 aliphatic carbocycles. The van der Waals surface area contributed by atoms with Crippen LogP contribution in [0, 0.1) is 0 Å². The molecule has 1 N–H and O–H groups in total. The Bertz CT molecular complexity index is 380. The van der Waals surface area contributed by atoms with Gasteiger partial charge in [-0.1, -0.05) is 26.7 Å². The monoisotopic (exact) mass is 253 g/mol. The van der Waals surface area contributed by atoms with Gasteiger partial charge in [-0.2, -0.15) is 0 Å². The highest BCUT2D eigenvalue weighted by molar-refractivity contribution is 7.99. The number of unbranched alkanes of at least 4 members (excludes halogenated alkanes) is 1. The Morgan fingerprint density at radius 2 is 2.12 bits per heavy atom. The Kier molecular flexibility index (Phi) is 6.05. The molecule has 0 aliphatic rings. The van der Waals surface area contributed by atoms with Crippen LogP contribution in [0.4, 0.5) is 0 Å². The molecule has 0 aliphatic heterocycles. The molecular formula is C13H19NO2S. The van der Waals surface area contributed by atoms with Crippen LogP contribution in [0.25, 0.3) is 0 Å². The van der Waals surface area contributed by atoms with Gasteiger partial charge in [0.25, 0.3) is 0 Å². The lowest BCUT2D eigenvalue weighted by atomic mass is 10.2. The van der Waals surface area contributed by atoms with Crippen molar-refractivity contribution in [3.05, 3.63) is 23.4 Å². The van der Waals surface area contributed by atoms with Crippen LogP contribution in [0.3, 0.4) is 0 Å². The predicted octanol–water partition coefficient (Wildman–Crippen LogP) is 3.62. The molecule has 1 aromatic rings. The minimum absolute atomic E-state index is 0.349. The fourth-order valence-corrected chi connectivity index (χ4v) is 2.50. The summed E-state index contributed by atoms with van der Waals surface area (Å²) in [5.74, 6) is 0.125. The van der Waals surface area contributed by atoms with Crippen LogP contribution in [0.1, 0.15) is 49.2 Å². The Hall–Kier alpha value is -1.03. The molecule has 0 aromatic carbocycles. The number of nitrogens with zero attached hydrogens (tertiary/aromatic N) is 1. The Morgan fingerprint density at radius 1 is 1.35 bits per heavy atom. The summed E-state index contributed by atoms with van der Waals surface area (Å²) in [5, 5.41) is 9.87. The summed E-state index contributed by atoms with van der Waals surface area (Å²) in [6.45, 7) is 4.21. The zero-order valence-electron chi connectivity index (χ0n) is 10.4. The molecule has 1 aromatic heterocycles. The summed E-state index contributed by atoms with van der Waals surface area (Å²) >= 11 is 1.64. The fraction of sp³-hybridized carbons (Fsp3) is 0.538. The standard InChI is InChI=1S/C13H19NO2S/c1-3-5-7-17-12-9-10(13(15)16)8-11(14-12)6-4-2/h8-9H,3-7H2,1-2H3,(H,15,16). The molecule has 0 spiro atoms. The van der Waals surface area contributed by atoms with Gasteiger partial charge in [0.05, 0.1) is 10.6 Å². The van der Waals surface area contributed by atoms with Crippen molar-refractivity contribution in [3.8, 4) is 0 Å². The first-order chi connectivity index (χ1) is 8.17. The van der Waals surface area contributed by atoms with Gasteiger partial charge in [-0.25, -0.2) is 9.78 Å². The van der Waals surface area contributed by atoms with Crippen molar-refractivity contribution in [2.45, 2.75) is 44.6 Å². The number of thioether (sulfide) groups is 1. The van der Waals surface area contributed by atoms with Crippen LogP contribution in [0.15, 0.2) is 17.2 Å². The van der Waals surface area contributed by atoms with E-state index in [1.165, 1.54) is 0 Å². The number of aromatic nitrogens is 1. The first-order valence-corrected chi connectivity index (χ1v) is 7.03. The largest absolute Gasteiger partial charge is 0.478 e. The maximum Gasteiger partial charge on any atom is 0.335 e. The fourth-order valence-electron chi connectivity index (χ4n) is 1.46. The summed E-state index contributed by atoms with van der Waals surface area (Å²) in [6.07, 6.45) is 4.10. The molecule has 0 amide bonds. The number of pyridine rings is 1. The Labute approximate surface area is 107 Å². The SMILES string of the molecule is CCCCSc1cc(C(=O)O)cc(CCC)n1. The highest BCUT2D eigenvalue weighted by Crippen LogP contribution is 2.20. The van der Waals surface area contributed by atoms with Gasteiger partial charge < -0.3 is 5.11 Å². The third kappa shape index (κ3) is 4.77. The van der Waals surface area contributed by atoms with E-state index in [1.54, 1.807) is 23.9 Å². The Balaban J connectivity index is 2.83. The first kappa shape index (κ1) is 14.0. The van der Waals surface area contributed by atoms with Crippen LogP contribution in [0.5, 0.6) is 0 Å². The molecule has 94 valence electrons. The second kappa shape index (κ2) is 7.33. The molecule has 3 nitrogen and oxygen atoms in total. The molecule has 17 heavy (non-hydrogen) atoms. The van der Waals surface area contributed by atoms with Crippen molar-refractivity contribution in [1.29, 1.82) is 0 Å².